The summed E-state index contributed by atoms with van der Waals surface area (Å²) >= 11 is 0. The van der Waals surface area contributed by atoms with Crippen molar-refractivity contribution in [3.8, 4) is 16.9 Å². The summed E-state index contributed by atoms with van der Waals surface area (Å²) in [6.07, 6.45) is 0. The van der Waals surface area contributed by atoms with Crippen LogP contribution in [0.3, 0.4) is 0 Å². The van der Waals surface area contributed by atoms with E-state index in [1.165, 1.54) is 0 Å². The standard InChI is InChI=1S/C34H25NO4/c1-19(35)33(36)39-32-27-16-15-21-8-6-7-20-13-14-22(31(27)30(20)21)17-28(32)34(37)38-18-29-25-11-4-2-9-23(25)24-10-3-5-12-26(24)29/h2-17,19,29H,18,35H2,1H3/t19-/m0/s1. The van der Waals surface area contributed by atoms with Crippen molar-refractivity contribution < 1.29 is 19.1 Å². The molecule has 0 radical (unpaired) electrons. The van der Waals surface area contributed by atoms with Gasteiger partial charge >= 0.3 is 11.9 Å². The lowest BCUT2D eigenvalue weighted by Gasteiger charge is -2.19. The van der Waals surface area contributed by atoms with Crippen molar-refractivity contribution in [2.45, 2.75) is 18.9 Å². The van der Waals surface area contributed by atoms with Crippen molar-refractivity contribution in [2.75, 3.05) is 6.61 Å². The Hall–Kier alpha value is -4.74. The number of ether oxygens (including phenoxy) is 2. The van der Waals surface area contributed by atoms with Crippen LogP contribution in [-0.2, 0) is 9.53 Å². The maximum atomic E-state index is 13.7. The Morgan fingerprint density at radius 3 is 2.05 bits per heavy atom. The predicted octanol–water partition coefficient (Wildman–Crippen LogP) is 6.81. The summed E-state index contributed by atoms with van der Waals surface area (Å²) in [7, 11) is 0. The van der Waals surface area contributed by atoms with Gasteiger partial charge in [-0.25, -0.2) is 9.59 Å². The highest BCUT2D eigenvalue weighted by Crippen LogP contribution is 2.45. The quantitative estimate of drug-likeness (QED) is 0.156. The van der Waals surface area contributed by atoms with Gasteiger partial charge in [-0.2, -0.15) is 0 Å². The van der Waals surface area contributed by atoms with E-state index in [4.69, 9.17) is 15.2 Å². The topological polar surface area (TPSA) is 78.6 Å². The normalized spacial score (nSPS) is 13.5. The van der Waals surface area contributed by atoms with Gasteiger partial charge in [0.05, 0.1) is 0 Å². The molecule has 7 rings (SSSR count). The van der Waals surface area contributed by atoms with Crippen LogP contribution >= 0.6 is 0 Å². The molecule has 0 heterocycles. The van der Waals surface area contributed by atoms with E-state index in [0.717, 1.165) is 49.2 Å². The number of carbonyl (C=O) groups is 2. The van der Waals surface area contributed by atoms with Crippen LogP contribution in [0, 0.1) is 0 Å². The van der Waals surface area contributed by atoms with E-state index in [1.54, 1.807) is 13.0 Å². The van der Waals surface area contributed by atoms with Gasteiger partial charge < -0.3 is 15.2 Å². The van der Waals surface area contributed by atoms with E-state index < -0.39 is 18.0 Å². The first kappa shape index (κ1) is 23.4. The highest BCUT2D eigenvalue weighted by molar-refractivity contribution is 6.25. The molecule has 1 aliphatic rings. The average molecular weight is 512 g/mol. The van der Waals surface area contributed by atoms with E-state index >= 15 is 0 Å². The Bertz CT molecular complexity index is 1860. The molecule has 0 aliphatic heterocycles. The first-order valence-electron chi connectivity index (χ1n) is 13.0. The molecule has 5 heteroatoms. The van der Waals surface area contributed by atoms with Gasteiger partial charge in [0.25, 0.3) is 0 Å². The van der Waals surface area contributed by atoms with Gasteiger partial charge in [-0.3, -0.25) is 0 Å². The maximum Gasteiger partial charge on any atom is 0.342 e. The molecule has 1 atom stereocenters. The zero-order chi connectivity index (χ0) is 26.7. The minimum absolute atomic E-state index is 0.0818. The number of benzene rings is 6. The van der Waals surface area contributed by atoms with Crippen LogP contribution in [0.25, 0.3) is 43.4 Å². The smallest absolute Gasteiger partial charge is 0.342 e. The fourth-order valence-electron chi connectivity index (χ4n) is 5.92. The molecule has 0 saturated carbocycles. The molecule has 6 aromatic rings. The Labute approximate surface area is 225 Å². The number of nitrogens with two attached hydrogens (primary N) is 1. The lowest BCUT2D eigenvalue weighted by Crippen LogP contribution is -2.31. The molecular formula is C34H25NO4. The molecule has 1 aliphatic carbocycles. The molecule has 0 saturated heterocycles. The third-order valence-electron chi connectivity index (χ3n) is 7.74. The summed E-state index contributed by atoms with van der Waals surface area (Å²) < 4.78 is 11.8. The summed E-state index contributed by atoms with van der Waals surface area (Å²) in [6, 6.07) is 31.3. The van der Waals surface area contributed by atoms with Gasteiger partial charge in [-0.1, -0.05) is 84.9 Å². The van der Waals surface area contributed by atoms with Crippen molar-refractivity contribution in [3.05, 3.63) is 114 Å². The second kappa shape index (κ2) is 8.93. The fourth-order valence-corrected chi connectivity index (χ4v) is 5.92. The van der Waals surface area contributed by atoms with Crippen molar-refractivity contribution >= 4 is 44.3 Å². The van der Waals surface area contributed by atoms with Gasteiger partial charge in [-0.05, 0) is 62.9 Å². The summed E-state index contributed by atoms with van der Waals surface area (Å²) in [5.74, 6) is -1.06. The SMILES string of the molecule is C[C@H](N)C(=O)Oc1c(C(=O)OCC2c3ccccc3-c3ccccc32)cc2ccc3cccc4ccc1c2c34. The highest BCUT2D eigenvalue weighted by Gasteiger charge is 2.30. The van der Waals surface area contributed by atoms with Gasteiger partial charge in [0.1, 0.15) is 18.2 Å². The van der Waals surface area contributed by atoms with Crippen molar-refractivity contribution in [2.24, 2.45) is 5.73 Å². The average Bonchev–Trinajstić information content (AvgIpc) is 3.28. The number of esters is 2. The zero-order valence-corrected chi connectivity index (χ0v) is 21.3. The van der Waals surface area contributed by atoms with Crippen molar-refractivity contribution in [3.63, 3.8) is 0 Å². The maximum absolute atomic E-state index is 13.7. The second-order valence-corrected chi connectivity index (χ2v) is 10.1. The Morgan fingerprint density at radius 1 is 0.769 bits per heavy atom. The molecule has 0 amide bonds. The lowest BCUT2D eigenvalue weighted by atomic mass is 9.92. The third kappa shape index (κ3) is 3.66. The van der Waals surface area contributed by atoms with Gasteiger partial charge in [0.15, 0.2) is 5.75 Å². The Balaban J connectivity index is 1.32. The summed E-state index contributed by atoms with van der Waals surface area (Å²) in [4.78, 5) is 26.4. The molecule has 0 unspecified atom stereocenters. The highest BCUT2D eigenvalue weighted by atomic mass is 16.5. The largest absolute Gasteiger partial charge is 0.461 e. The molecule has 6 aromatic carbocycles. The van der Waals surface area contributed by atoms with Gasteiger partial charge in [0.2, 0.25) is 0 Å². The molecule has 5 nitrogen and oxygen atoms in total. The Morgan fingerprint density at radius 2 is 1.38 bits per heavy atom. The van der Waals surface area contributed by atoms with E-state index in [0.29, 0.717) is 5.39 Å². The second-order valence-electron chi connectivity index (χ2n) is 10.1. The van der Waals surface area contributed by atoms with Crippen LogP contribution in [0.15, 0.2) is 97.1 Å². The van der Waals surface area contributed by atoms with Crippen molar-refractivity contribution in [1.82, 2.24) is 0 Å². The van der Waals surface area contributed by atoms with Crippen LogP contribution in [0.1, 0.15) is 34.3 Å². The number of hydrogen-bond donors (Lipinski definition) is 1. The number of carbonyl (C=O) groups excluding carboxylic acids is 2. The molecule has 0 spiro atoms. The molecular weight excluding hydrogens is 486 g/mol. The van der Waals surface area contributed by atoms with E-state index in [2.05, 4.69) is 24.3 Å². The van der Waals surface area contributed by atoms with Crippen LogP contribution in [0.5, 0.6) is 5.75 Å². The number of rotatable bonds is 5. The molecule has 0 aromatic heterocycles. The van der Waals surface area contributed by atoms with Crippen LogP contribution < -0.4 is 10.5 Å². The molecule has 190 valence electrons. The first-order valence-corrected chi connectivity index (χ1v) is 13.0. The van der Waals surface area contributed by atoms with E-state index in [1.807, 2.05) is 66.7 Å². The van der Waals surface area contributed by atoms with Crippen molar-refractivity contribution in [1.29, 1.82) is 0 Å². The fraction of sp³-hybridized carbons (Fsp3) is 0.118. The van der Waals surface area contributed by atoms with Gasteiger partial charge in [0, 0.05) is 16.7 Å². The van der Waals surface area contributed by atoms with E-state index in [-0.39, 0.29) is 23.8 Å². The monoisotopic (exact) mass is 511 g/mol. The minimum atomic E-state index is -0.848. The molecule has 0 fully saturated rings. The number of hydrogen-bond acceptors (Lipinski definition) is 5. The lowest BCUT2D eigenvalue weighted by molar-refractivity contribution is -0.135. The predicted molar refractivity (Wildman–Crippen MR) is 153 cm³/mol. The molecule has 0 bridgehead atoms. The van der Waals surface area contributed by atoms with Crippen LogP contribution in [-0.4, -0.2) is 24.6 Å². The summed E-state index contributed by atoms with van der Waals surface area (Å²) in [6.45, 7) is 1.73. The van der Waals surface area contributed by atoms with E-state index in [9.17, 15) is 9.59 Å². The van der Waals surface area contributed by atoms with Crippen LogP contribution in [0.2, 0.25) is 0 Å². The minimum Gasteiger partial charge on any atom is -0.461 e. The third-order valence-corrected chi connectivity index (χ3v) is 7.74. The number of fused-ring (bicyclic) bond motifs is 3. The van der Waals surface area contributed by atoms with Gasteiger partial charge in [-0.15, -0.1) is 0 Å². The summed E-state index contributed by atoms with van der Waals surface area (Å²) in [5.41, 5.74) is 10.6. The molecule has 39 heavy (non-hydrogen) atoms. The Kier molecular flexibility index (Phi) is 5.35. The zero-order valence-electron chi connectivity index (χ0n) is 21.3. The summed E-state index contributed by atoms with van der Waals surface area (Å²) in [5, 5.41) is 5.69. The molecule has 2 N–H and O–H groups in total. The first-order chi connectivity index (χ1) is 19.0. The van der Waals surface area contributed by atoms with Crippen LogP contribution in [0.4, 0.5) is 0 Å².